The lowest BCUT2D eigenvalue weighted by Crippen LogP contribution is -2.24. The summed E-state index contributed by atoms with van der Waals surface area (Å²) in [6.07, 6.45) is 2.51. The van der Waals surface area contributed by atoms with Crippen LogP contribution in [-0.4, -0.2) is 39.2 Å². The Morgan fingerprint density at radius 1 is 1.30 bits per heavy atom. The summed E-state index contributed by atoms with van der Waals surface area (Å²) in [5, 5.41) is 16.0. The molecule has 1 aliphatic rings. The maximum atomic E-state index is 10.8. The molecule has 0 bridgehead atoms. The number of rotatable bonds is 4. The van der Waals surface area contributed by atoms with Gasteiger partial charge < -0.3 is 4.90 Å². The molecule has 106 valence electrons. The summed E-state index contributed by atoms with van der Waals surface area (Å²) in [4.78, 5) is 12.8. The summed E-state index contributed by atoms with van der Waals surface area (Å²) < 4.78 is 1.83. The summed E-state index contributed by atoms with van der Waals surface area (Å²) in [5.41, 5.74) is 0.887. The summed E-state index contributed by atoms with van der Waals surface area (Å²) in [5.74, 6) is 0. The van der Waals surface area contributed by atoms with Gasteiger partial charge in [-0.2, -0.15) is 5.10 Å². The molecule has 0 aliphatic carbocycles. The van der Waals surface area contributed by atoms with Crippen molar-refractivity contribution in [1.29, 1.82) is 0 Å². The van der Waals surface area contributed by atoms with E-state index in [4.69, 9.17) is 11.6 Å². The van der Waals surface area contributed by atoms with Gasteiger partial charge in [0.25, 0.3) is 5.69 Å². The maximum absolute atomic E-state index is 10.8. The molecule has 0 radical (unpaired) electrons. The second-order valence-electron chi connectivity index (χ2n) is 5.02. The average Bonchev–Trinajstić information content (AvgIpc) is 3.05. The Morgan fingerprint density at radius 3 is 2.75 bits per heavy atom. The van der Waals surface area contributed by atoms with Gasteiger partial charge in [-0.1, -0.05) is 11.6 Å². The third-order valence-electron chi connectivity index (χ3n) is 3.73. The van der Waals surface area contributed by atoms with Crippen LogP contribution in [0.2, 0.25) is 5.15 Å². The van der Waals surface area contributed by atoms with Crippen LogP contribution in [0.15, 0.2) is 18.2 Å². The van der Waals surface area contributed by atoms with Crippen molar-refractivity contribution in [2.24, 2.45) is 0 Å². The molecule has 2 aromatic rings. The number of nitro benzene ring substituents is 1. The lowest BCUT2D eigenvalue weighted by Gasteiger charge is -2.14. The zero-order valence-electron chi connectivity index (χ0n) is 11.0. The number of nitrogens with zero attached hydrogens (tertiary/aromatic N) is 4. The molecular weight excluding hydrogens is 280 g/mol. The van der Waals surface area contributed by atoms with E-state index in [9.17, 15) is 10.1 Å². The predicted octanol–water partition coefficient (Wildman–Crippen LogP) is 2.69. The third-order valence-corrected chi connectivity index (χ3v) is 4.01. The highest BCUT2D eigenvalue weighted by atomic mass is 35.5. The third kappa shape index (κ3) is 2.48. The lowest BCUT2D eigenvalue weighted by molar-refractivity contribution is -0.384. The fraction of sp³-hybridized carbons (Fsp3) is 0.462. The van der Waals surface area contributed by atoms with E-state index in [1.165, 1.54) is 25.0 Å². The molecule has 7 heteroatoms. The van der Waals surface area contributed by atoms with Crippen molar-refractivity contribution in [1.82, 2.24) is 14.7 Å². The second-order valence-corrected chi connectivity index (χ2v) is 5.38. The number of hydrogen-bond acceptors (Lipinski definition) is 4. The van der Waals surface area contributed by atoms with E-state index in [2.05, 4.69) is 10.00 Å². The Labute approximate surface area is 121 Å². The van der Waals surface area contributed by atoms with E-state index in [-0.39, 0.29) is 5.69 Å². The average molecular weight is 295 g/mol. The van der Waals surface area contributed by atoms with Gasteiger partial charge in [-0.05, 0) is 32.0 Å². The van der Waals surface area contributed by atoms with Crippen LogP contribution >= 0.6 is 11.6 Å². The highest BCUT2D eigenvalue weighted by Crippen LogP contribution is 2.27. The van der Waals surface area contributed by atoms with Crippen LogP contribution in [0.3, 0.4) is 0 Å². The quantitative estimate of drug-likeness (QED) is 0.642. The number of fused-ring (bicyclic) bond motifs is 1. The SMILES string of the molecule is O=[N+]([O-])c1ccc2c(c1)c(Cl)nn2CCN1CCCC1. The van der Waals surface area contributed by atoms with Gasteiger partial charge in [0.1, 0.15) is 0 Å². The Balaban J connectivity index is 1.85. The Hall–Kier alpha value is -1.66. The van der Waals surface area contributed by atoms with E-state index in [1.54, 1.807) is 6.07 Å². The molecule has 0 saturated carbocycles. The molecule has 20 heavy (non-hydrogen) atoms. The minimum absolute atomic E-state index is 0.0403. The molecule has 1 fully saturated rings. The van der Waals surface area contributed by atoms with Crippen LogP contribution in [0.25, 0.3) is 10.9 Å². The van der Waals surface area contributed by atoms with Crippen LogP contribution < -0.4 is 0 Å². The molecule has 1 saturated heterocycles. The summed E-state index contributed by atoms with van der Waals surface area (Å²) in [7, 11) is 0. The smallest absolute Gasteiger partial charge is 0.270 e. The van der Waals surface area contributed by atoms with Crippen LogP contribution in [-0.2, 0) is 6.54 Å². The molecule has 0 amide bonds. The van der Waals surface area contributed by atoms with E-state index in [1.807, 2.05) is 4.68 Å². The number of likely N-dealkylation sites (tertiary alicyclic amines) is 1. The molecule has 3 rings (SSSR count). The van der Waals surface area contributed by atoms with Crippen molar-refractivity contribution in [3.05, 3.63) is 33.5 Å². The molecule has 0 N–H and O–H groups in total. The number of halogens is 1. The van der Waals surface area contributed by atoms with Crippen LogP contribution in [0.5, 0.6) is 0 Å². The Morgan fingerprint density at radius 2 is 2.05 bits per heavy atom. The van der Waals surface area contributed by atoms with Gasteiger partial charge in [-0.15, -0.1) is 0 Å². The molecule has 6 nitrogen and oxygen atoms in total. The zero-order chi connectivity index (χ0) is 14.1. The Bertz CT molecular complexity index is 649. The number of hydrogen-bond donors (Lipinski definition) is 0. The second kappa shape index (κ2) is 5.38. The fourth-order valence-electron chi connectivity index (χ4n) is 2.65. The molecule has 1 aliphatic heterocycles. The fourth-order valence-corrected chi connectivity index (χ4v) is 2.90. The number of nitro groups is 1. The first-order valence-corrected chi connectivity index (χ1v) is 7.06. The highest BCUT2D eigenvalue weighted by molar-refractivity contribution is 6.34. The van der Waals surface area contributed by atoms with Crippen LogP contribution in [0, 0.1) is 10.1 Å². The molecule has 1 aromatic heterocycles. The first-order valence-electron chi connectivity index (χ1n) is 6.68. The van der Waals surface area contributed by atoms with Crippen molar-refractivity contribution < 1.29 is 4.92 Å². The number of aromatic nitrogens is 2. The minimum atomic E-state index is -0.419. The van der Waals surface area contributed by atoms with Crippen molar-refractivity contribution >= 4 is 28.2 Å². The van der Waals surface area contributed by atoms with Gasteiger partial charge in [-0.25, -0.2) is 0 Å². The molecule has 2 heterocycles. The predicted molar refractivity (Wildman–Crippen MR) is 77.1 cm³/mol. The molecule has 0 atom stereocenters. The van der Waals surface area contributed by atoms with Crippen molar-refractivity contribution in [2.45, 2.75) is 19.4 Å². The summed E-state index contributed by atoms with van der Waals surface area (Å²) in [6.45, 7) is 3.96. The standard InChI is InChI=1S/C13H15ClN4O2/c14-13-11-9-10(18(19)20)3-4-12(11)17(15-13)8-7-16-5-1-2-6-16/h3-4,9H,1-2,5-8H2. The van der Waals surface area contributed by atoms with Crippen molar-refractivity contribution in [3.63, 3.8) is 0 Å². The van der Waals surface area contributed by atoms with Gasteiger partial charge in [0.05, 0.1) is 17.0 Å². The molecular formula is C13H15ClN4O2. The Kier molecular flexibility index (Phi) is 3.58. The monoisotopic (exact) mass is 294 g/mol. The van der Waals surface area contributed by atoms with Gasteiger partial charge in [-0.3, -0.25) is 14.8 Å². The number of benzene rings is 1. The van der Waals surface area contributed by atoms with E-state index >= 15 is 0 Å². The topological polar surface area (TPSA) is 64.2 Å². The summed E-state index contributed by atoms with van der Waals surface area (Å²) >= 11 is 6.08. The van der Waals surface area contributed by atoms with Crippen molar-refractivity contribution in [3.8, 4) is 0 Å². The van der Waals surface area contributed by atoms with Gasteiger partial charge >= 0.3 is 0 Å². The zero-order valence-corrected chi connectivity index (χ0v) is 11.7. The number of non-ortho nitro benzene ring substituents is 1. The van der Waals surface area contributed by atoms with E-state index in [0.717, 1.165) is 31.7 Å². The van der Waals surface area contributed by atoms with Crippen molar-refractivity contribution in [2.75, 3.05) is 19.6 Å². The van der Waals surface area contributed by atoms with E-state index < -0.39 is 4.92 Å². The van der Waals surface area contributed by atoms with E-state index in [0.29, 0.717) is 10.5 Å². The van der Waals surface area contributed by atoms with Crippen LogP contribution in [0.4, 0.5) is 5.69 Å². The molecule has 0 spiro atoms. The lowest BCUT2D eigenvalue weighted by atomic mass is 10.2. The summed E-state index contributed by atoms with van der Waals surface area (Å²) in [6, 6.07) is 4.69. The van der Waals surface area contributed by atoms with Gasteiger partial charge in [0.15, 0.2) is 5.15 Å². The largest absolute Gasteiger partial charge is 0.301 e. The normalized spacial score (nSPS) is 16.1. The maximum Gasteiger partial charge on any atom is 0.270 e. The minimum Gasteiger partial charge on any atom is -0.301 e. The highest BCUT2D eigenvalue weighted by Gasteiger charge is 2.15. The van der Waals surface area contributed by atoms with Crippen LogP contribution in [0.1, 0.15) is 12.8 Å². The van der Waals surface area contributed by atoms with Gasteiger partial charge in [0.2, 0.25) is 0 Å². The first-order chi connectivity index (χ1) is 9.65. The molecule has 1 aromatic carbocycles. The first kappa shape index (κ1) is 13.3. The molecule has 0 unspecified atom stereocenters. The van der Waals surface area contributed by atoms with Gasteiger partial charge in [0, 0.05) is 24.1 Å².